The number of hydrogen-bond donors (Lipinski definition) is 2. The highest BCUT2D eigenvalue weighted by atomic mass is 35.5. The van der Waals surface area contributed by atoms with E-state index in [2.05, 4.69) is 10.1 Å². The van der Waals surface area contributed by atoms with Crippen LogP contribution in [0.4, 0.5) is 0 Å². The van der Waals surface area contributed by atoms with Crippen LogP contribution in [-0.2, 0) is 23.1 Å². The third-order valence-corrected chi connectivity index (χ3v) is 7.82. The Hall–Kier alpha value is -2.70. The third-order valence-electron chi connectivity index (χ3n) is 5.98. The Morgan fingerprint density at radius 3 is 2.65 bits per heavy atom. The standard InChI is InChI=1S/C22H23ClN4O6S/c1-13(28)20(16-4-2-3-5-17(16)23)22(29)26-10-14-11-27(25-18(14)12-26)34(30,31)15-8-19-21(24-9-15)33-7-6-32-19/h2-5,8-9,11,13,20,22,28-29H,6-7,10,12H2,1H3/t13-,20-,22?/m0/s1. The predicted octanol–water partition coefficient (Wildman–Crippen LogP) is 1.74. The molecule has 2 aliphatic rings. The molecule has 0 saturated carbocycles. The van der Waals surface area contributed by atoms with E-state index in [1.165, 1.54) is 18.5 Å². The number of aliphatic hydroxyl groups is 2. The first-order valence-corrected chi connectivity index (χ1v) is 12.5. The quantitative estimate of drug-likeness (QED) is 0.513. The minimum atomic E-state index is -4.00. The van der Waals surface area contributed by atoms with Crippen molar-refractivity contribution in [3.8, 4) is 11.6 Å². The molecule has 0 spiro atoms. The summed E-state index contributed by atoms with van der Waals surface area (Å²) >= 11 is 6.31. The molecule has 180 valence electrons. The summed E-state index contributed by atoms with van der Waals surface area (Å²) in [5, 5.41) is 26.2. The first kappa shape index (κ1) is 23.1. The van der Waals surface area contributed by atoms with E-state index in [1.807, 2.05) is 0 Å². The van der Waals surface area contributed by atoms with Crippen molar-refractivity contribution in [1.82, 2.24) is 19.1 Å². The van der Waals surface area contributed by atoms with Crippen molar-refractivity contribution in [2.45, 2.75) is 43.2 Å². The molecule has 0 bridgehead atoms. The van der Waals surface area contributed by atoms with E-state index < -0.39 is 28.3 Å². The number of halogens is 1. The maximum Gasteiger partial charge on any atom is 0.284 e. The van der Waals surface area contributed by atoms with Crippen LogP contribution in [0.25, 0.3) is 0 Å². The Kier molecular flexibility index (Phi) is 5.98. The average molecular weight is 507 g/mol. The fraction of sp³-hybridized carbons (Fsp3) is 0.364. The Bertz CT molecular complexity index is 1310. The molecular weight excluding hydrogens is 484 g/mol. The van der Waals surface area contributed by atoms with E-state index in [9.17, 15) is 18.6 Å². The average Bonchev–Trinajstić information content (AvgIpc) is 3.40. The molecule has 12 heteroatoms. The highest BCUT2D eigenvalue weighted by Gasteiger charge is 2.37. The maximum absolute atomic E-state index is 13.1. The largest absolute Gasteiger partial charge is 0.484 e. The van der Waals surface area contributed by atoms with Crippen molar-refractivity contribution in [2.24, 2.45) is 0 Å². The molecule has 1 aromatic carbocycles. The normalized spacial score (nSPS) is 18.4. The van der Waals surface area contributed by atoms with Crippen LogP contribution in [0.1, 0.15) is 29.7 Å². The molecule has 5 rings (SSSR count). The smallest absolute Gasteiger partial charge is 0.284 e. The summed E-state index contributed by atoms with van der Waals surface area (Å²) in [4.78, 5) is 5.69. The predicted molar refractivity (Wildman–Crippen MR) is 121 cm³/mol. The highest BCUT2D eigenvalue weighted by Crippen LogP contribution is 2.35. The van der Waals surface area contributed by atoms with Crippen LogP contribution >= 0.6 is 11.6 Å². The first-order valence-electron chi connectivity index (χ1n) is 10.7. The zero-order chi connectivity index (χ0) is 24.0. The number of aliphatic hydroxyl groups excluding tert-OH is 2. The van der Waals surface area contributed by atoms with Crippen LogP contribution < -0.4 is 9.47 Å². The van der Waals surface area contributed by atoms with Gasteiger partial charge < -0.3 is 19.7 Å². The van der Waals surface area contributed by atoms with Gasteiger partial charge in [0.05, 0.1) is 23.9 Å². The number of aromatic nitrogens is 3. The van der Waals surface area contributed by atoms with E-state index in [4.69, 9.17) is 21.1 Å². The Morgan fingerprint density at radius 2 is 1.91 bits per heavy atom. The lowest BCUT2D eigenvalue weighted by atomic mass is 9.91. The number of hydrogen-bond acceptors (Lipinski definition) is 9. The Labute approximate surface area is 201 Å². The zero-order valence-corrected chi connectivity index (χ0v) is 19.8. The lowest BCUT2D eigenvalue weighted by Gasteiger charge is -2.32. The van der Waals surface area contributed by atoms with Crippen molar-refractivity contribution < 1.29 is 28.1 Å². The molecule has 34 heavy (non-hydrogen) atoms. The minimum absolute atomic E-state index is 0.0669. The molecule has 3 atom stereocenters. The minimum Gasteiger partial charge on any atom is -0.484 e. The van der Waals surface area contributed by atoms with E-state index in [-0.39, 0.29) is 29.6 Å². The summed E-state index contributed by atoms with van der Waals surface area (Å²) in [6.07, 6.45) is 0.718. The van der Waals surface area contributed by atoms with Gasteiger partial charge in [-0.3, -0.25) is 4.90 Å². The number of rotatable bonds is 6. The molecule has 1 unspecified atom stereocenters. The van der Waals surface area contributed by atoms with Gasteiger partial charge in [0, 0.05) is 35.9 Å². The Morgan fingerprint density at radius 1 is 1.15 bits per heavy atom. The van der Waals surface area contributed by atoms with Gasteiger partial charge in [-0.2, -0.15) is 17.6 Å². The molecule has 3 aromatic rings. The van der Waals surface area contributed by atoms with Crippen LogP contribution in [0, 0.1) is 0 Å². The van der Waals surface area contributed by atoms with Crippen LogP contribution in [0.2, 0.25) is 5.02 Å². The topological polar surface area (TPSA) is 127 Å². The molecule has 10 nitrogen and oxygen atoms in total. The van der Waals surface area contributed by atoms with Crippen molar-refractivity contribution in [3.63, 3.8) is 0 Å². The Balaban J connectivity index is 1.37. The fourth-order valence-corrected chi connectivity index (χ4v) is 5.66. The van der Waals surface area contributed by atoms with Gasteiger partial charge in [0.15, 0.2) is 5.75 Å². The van der Waals surface area contributed by atoms with E-state index >= 15 is 0 Å². The van der Waals surface area contributed by atoms with Crippen molar-refractivity contribution in [3.05, 3.63) is 64.6 Å². The van der Waals surface area contributed by atoms with Crippen LogP contribution in [-0.4, -0.2) is 63.2 Å². The van der Waals surface area contributed by atoms with Crippen LogP contribution in [0.3, 0.4) is 0 Å². The third kappa shape index (κ3) is 4.03. The lowest BCUT2D eigenvalue weighted by Crippen LogP contribution is -2.40. The van der Waals surface area contributed by atoms with Gasteiger partial charge in [0.2, 0.25) is 0 Å². The van der Waals surface area contributed by atoms with Gasteiger partial charge in [-0.1, -0.05) is 29.8 Å². The summed E-state index contributed by atoms with van der Waals surface area (Å²) in [6.45, 7) is 2.74. The molecule has 2 N–H and O–H groups in total. The number of nitrogens with zero attached hydrogens (tertiary/aromatic N) is 4. The first-order chi connectivity index (χ1) is 16.3. The summed E-state index contributed by atoms with van der Waals surface area (Å²) in [5.41, 5.74) is 1.82. The lowest BCUT2D eigenvalue weighted by molar-refractivity contribution is -0.0507. The zero-order valence-electron chi connectivity index (χ0n) is 18.2. The van der Waals surface area contributed by atoms with Gasteiger partial charge in [0.1, 0.15) is 24.3 Å². The molecule has 0 fully saturated rings. The number of pyridine rings is 1. The SMILES string of the molecule is C[C@H](O)[C@@H](c1ccccc1Cl)C(O)N1Cc2cn(S(=O)(=O)c3cnc4c(c3)OCCO4)nc2C1. The van der Waals surface area contributed by atoms with E-state index in [0.717, 1.165) is 4.09 Å². The van der Waals surface area contributed by atoms with Gasteiger partial charge in [-0.25, -0.2) is 4.98 Å². The summed E-state index contributed by atoms with van der Waals surface area (Å²) < 4.78 is 37.9. The second-order valence-corrected chi connectivity index (χ2v) is 10.5. The van der Waals surface area contributed by atoms with Crippen molar-refractivity contribution in [2.75, 3.05) is 13.2 Å². The molecular formula is C22H23ClN4O6S. The van der Waals surface area contributed by atoms with Crippen LogP contribution in [0.5, 0.6) is 11.6 Å². The summed E-state index contributed by atoms with van der Waals surface area (Å²) in [7, 11) is -4.00. The fourth-order valence-electron chi connectivity index (χ4n) is 4.27. The summed E-state index contributed by atoms with van der Waals surface area (Å²) in [6, 6.07) is 8.43. The monoisotopic (exact) mass is 506 g/mol. The molecule has 0 saturated heterocycles. The molecule has 2 aromatic heterocycles. The molecule has 0 radical (unpaired) electrons. The second kappa shape index (κ2) is 8.82. The second-order valence-electron chi connectivity index (χ2n) is 8.26. The molecule has 0 amide bonds. The highest BCUT2D eigenvalue weighted by molar-refractivity contribution is 7.89. The van der Waals surface area contributed by atoms with E-state index in [0.29, 0.717) is 35.1 Å². The van der Waals surface area contributed by atoms with Crippen LogP contribution in [0.15, 0.2) is 47.6 Å². The van der Waals surface area contributed by atoms with Gasteiger partial charge in [-0.15, -0.1) is 0 Å². The molecule has 2 aliphatic heterocycles. The van der Waals surface area contributed by atoms with Crippen molar-refractivity contribution >= 4 is 21.6 Å². The van der Waals surface area contributed by atoms with E-state index in [1.54, 1.807) is 36.1 Å². The maximum atomic E-state index is 13.1. The number of fused-ring (bicyclic) bond motifs is 2. The van der Waals surface area contributed by atoms with Gasteiger partial charge in [0.25, 0.3) is 15.9 Å². The number of benzene rings is 1. The molecule has 0 aliphatic carbocycles. The van der Waals surface area contributed by atoms with Gasteiger partial charge in [-0.05, 0) is 18.6 Å². The van der Waals surface area contributed by atoms with Gasteiger partial charge >= 0.3 is 0 Å². The van der Waals surface area contributed by atoms with Crippen molar-refractivity contribution in [1.29, 1.82) is 0 Å². The summed E-state index contributed by atoms with van der Waals surface area (Å²) in [5.74, 6) is -0.133. The number of ether oxygens (including phenoxy) is 2. The molecule has 4 heterocycles.